The van der Waals surface area contributed by atoms with Crippen LogP contribution in [0.4, 0.5) is 0 Å². The zero-order valence-electron chi connectivity index (χ0n) is 11.1. The second-order valence-electron chi connectivity index (χ2n) is 4.24. The van der Waals surface area contributed by atoms with Gasteiger partial charge in [0, 0.05) is 6.42 Å². The Morgan fingerprint density at radius 1 is 1.38 bits per heavy atom. The third kappa shape index (κ3) is 3.38. The molecule has 1 aromatic carbocycles. The maximum absolute atomic E-state index is 11.2. The zero-order chi connectivity index (χ0) is 15.6. The third-order valence-electron chi connectivity index (χ3n) is 2.79. The van der Waals surface area contributed by atoms with Gasteiger partial charge in [-0.1, -0.05) is 12.1 Å². The van der Waals surface area contributed by atoms with E-state index in [2.05, 4.69) is 5.10 Å². The average molecular weight is 311 g/mol. The van der Waals surface area contributed by atoms with E-state index in [0.717, 1.165) is 11.8 Å². The van der Waals surface area contributed by atoms with Crippen LogP contribution in [0.25, 0.3) is 0 Å². The number of methoxy groups -OCH3 is 1. The van der Waals surface area contributed by atoms with Crippen molar-refractivity contribution in [2.75, 3.05) is 7.11 Å². The smallest absolute Gasteiger partial charge is 0.339 e. The Balaban J connectivity index is 2.38. The van der Waals surface area contributed by atoms with Crippen molar-refractivity contribution in [2.45, 2.75) is 6.42 Å². The van der Waals surface area contributed by atoms with E-state index in [1.165, 1.54) is 7.11 Å². The van der Waals surface area contributed by atoms with Gasteiger partial charge in [0.1, 0.15) is 11.3 Å². The zero-order valence-corrected chi connectivity index (χ0v) is 11.9. The van der Waals surface area contributed by atoms with Crippen LogP contribution in [-0.4, -0.2) is 35.8 Å². The Morgan fingerprint density at radius 2 is 2.00 bits per heavy atom. The van der Waals surface area contributed by atoms with E-state index in [1.54, 1.807) is 24.3 Å². The number of carboxylic acids is 1. The summed E-state index contributed by atoms with van der Waals surface area (Å²) in [5.41, 5.74) is 0.666. The molecule has 0 saturated carbocycles. The van der Waals surface area contributed by atoms with Crippen LogP contribution in [0.5, 0.6) is 5.75 Å². The number of aromatic carboxylic acids is 1. The molecule has 0 amide bonds. The van der Waals surface area contributed by atoms with Gasteiger partial charge < -0.3 is 9.84 Å². The van der Waals surface area contributed by atoms with Crippen LogP contribution < -0.4 is 9.88 Å². The molecule has 8 nitrogen and oxygen atoms in total. The van der Waals surface area contributed by atoms with Gasteiger partial charge in [0.25, 0.3) is 0 Å². The van der Waals surface area contributed by atoms with Gasteiger partial charge in [-0.3, -0.25) is 0 Å². The van der Waals surface area contributed by atoms with Crippen LogP contribution in [0.1, 0.15) is 21.6 Å². The number of nitrogens with zero attached hydrogens (tertiary/aromatic N) is 2. The first-order valence-electron chi connectivity index (χ1n) is 5.79. The normalized spacial score (nSPS) is 11.3. The van der Waals surface area contributed by atoms with Crippen molar-refractivity contribution in [2.24, 2.45) is 5.14 Å². The van der Waals surface area contributed by atoms with Crippen LogP contribution in [0.15, 0.2) is 30.5 Å². The van der Waals surface area contributed by atoms with Gasteiger partial charge in [0.2, 0.25) is 0 Å². The molecule has 0 radical (unpaired) electrons. The van der Waals surface area contributed by atoms with E-state index in [1.807, 2.05) is 0 Å². The molecular formula is C12H13N3O5S. The van der Waals surface area contributed by atoms with E-state index in [-0.39, 0.29) is 17.7 Å². The molecule has 21 heavy (non-hydrogen) atoms. The molecule has 0 bridgehead atoms. The number of carbonyl (C=O) groups is 1. The summed E-state index contributed by atoms with van der Waals surface area (Å²) in [6.45, 7) is 0. The molecule has 0 aliphatic carbocycles. The van der Waals surface area contributed by atoms with Gasteiger partial charge in [-0.15, -0.1) is 0 Å². The van der Waals surface area contributed by atoms with Crippen LogP contribution in [0.3, 0.4) is 0 Å². The highest BCUT2D eigenvalue weighted by atomic mass is 32.2. The number of rotatable bonds is 5. The lowest BCUT2D eigenvalue weighted by molar-refractivity contribution is 0.0696. The van der Waals surface area contributed by atoms with Crippen molar-refractivity contribution in [3.63, 3.8) is 0 Å². The van der Waals surface area contributed by atoms with Gasteiger partial charge in [-0.05, 0) is 17.7 Å². The fourth-order valence-electron chi connectivity index (χ4n) is 1.76. The van der Waals surface area contributed by atoms with Gasteiger partial charge in [-0.2, -0.15) is 17.6 Å². The van der Waals surface area contributed by atoms with Gasteiger partial charge in [0.15, 0.2) is 0 Å². The molecule has 3 N–H and O–H groups in total. The fourth-order valence-corrected chi connectivity index (χ4v) is 2.23. The Kier molecular flexibility index (Phi) is 3.96. The van der Waals surface area contributed by atoms with E-state index in [0.29, 0.717) is 9.84 Å². The maximum Gasteiger partial charge on any atom is 0.339 e. The monoisotopic (exact) mass is 311 g/mol. The molecule has 0 fully saturated rings. The van der Waals surface area contributed by atoms with Crippen molar-refractivity contribution >= 4 is 16.2 Å². The molecule has 1 heterocycles. The summed E-state index contributed by atoms with van der Waals surface area (Å²) in [6, 6.07) is 6.90. The fraction of sp³-hybridized carbons (Fsp3) is 0.167. The number of nitrogens with two attached hydrogens (primary N) is 1. The van der Waals surface area contributed by atoms with Crippen molar-refractivity contribution in [1.29, 1.82) is 0 Å². The largest absolute Gasteiger partial charge is 0.497 e. The lowest BCUT2D eigenvalue weighted by Gasteiger charge is -2.02. The molecule has 0 aliphatic heterocycles. The first-order chi connectivity index (χ1) is 9.81. The number of hydrogen-bond acceptors (Lipinski definition) is 5. The third-order valence-corrected chi connectivity index (χ3v) is 3.50. The molecule has 0 unspecified atom stereocenters. The molecule has 112 valence electrons. The molecule has 0 atom stereocenters. The molecule has 0 spiro atoms. The minimum absolute atomic E-state index is 0.113. The van der Waals surface area contributed by atoms with Crippen LogP contribution in [0, 0.1) is 0 Å². The van der Waals surface area contributed by atoms with E-state index < -0.39 is 16.2 Å². The Morgan fingerprint density at radius 3 is 2.48 bits per heavy atom. The van der Waals surface area contributed by atoms with E-state index in [9.17, 15) is 13.2 Å². The summed E-state index contributed by atoms with van der Waals surface area (Å²) in [5.74, 6) is -0.610. The second kappa shape index (κ2) is 5.54. The highest BCUT2D eigenvalue weighted by Crippen LogP contribution is 2.17. The minimum atomic E-state index is -4.12. The molecular weight excluding hydrogens is 298 g/mol. The maximum atomic E-state index is 11.2. The van der Waals surface area contributed by atoms with Gasteiger partial charge >= 0.3 is 16.2 Å². The van der Waals surface area contributed by atoms with Crippen LogP contribution >= 0.6 is 0 Å². The van der Waals surface area contributed by atoms with Crippen molar-refractivity contribution in [3.05, 3.63) is 47.3 Å². The van der Waals surface area contributed by atoms with Gasteiger partial charge in [0.05, 0.1) is 19.0 Å². The Hall–Kier alpha value is -2.39. The van der Waals surface area contributed by atoms with E-state index >= 15 is 0 Å². The molecule has 0 saturated heterocycles. The van der Waals surface area contributed by atoms with Crippen molar-refractivity contribution in [3.8, 4) is 5.75 Å². The number of hydrogen-bond donors (Lipinski definition) is 2. The highest BCUT2D eigenvalue weighted by molar-refractivity contribution is 7.87. The predicted octanol–water partition coefficient (Wildman–Crippen LogP) is 0.232. The Labute approximate surface area is 120 Å². The van der Waals surface area contributed by atoms with Gasteiger partial charge in [-0.25, -0.2) is 9.93 Å². The summed E-state index contributed by atoms with van der Waals surface area (Å²) >= 11 is 0. The molecule has 0 aliphatic rings. The molecule has 2 aromatic rings. The lowest BCUT2D eigenvalue weighted by atomic mass is 10.1. The second-order valence-corrected chi connectivity index (χ2v) is 5.64. The van der Waals surface area contributed by atoms with E-state index in [4.69, 9.17) is 15.0 Å². The molecule has 9 heteroatoms. The van der Waals surface area contributed by atoms with Crippen molar-refractivity contribution < 1.29 is 23.1 Å². The summed E-state index contributed by atoms with van der Waals surface area (Å²) < 4.78 is 27.9. The standard InChI is InChI=1S/C12H13N3O5S/c1-20-9-4-2-8(3-5-9)6-11-10(12(16)17)7-15(14-11)21(13,18)19/h2-5,7H,6H2,1H3,(H,16,17)(H2,13,18,19). The first kappa shape index (κ1) is 15.0. The van der Waals surface area contributed by atoms with Crippen molar-refractivity contribution in [1.82, 2.24) is 9.19 Å². The number of ether oxygens (including phenoxy) is 1. The predicted molar refractivity (Wildman–Crippen MR) is 73.5 cm³/mol. The lowest BCUT2D eigenvalue weighted by Crippen LogP contribution is -2.22. The summed E-state index contributed by atoms with van der Waals surface area (Å²) in [6.07, 6.45) is 1.05. The SMILES string of the molecule is COc1ccc(Cc2nn(S(N)(=O)=O)cc2C(=O)O)cc1. The summed E-state index contributed by atoms with van der Waals surface area (Å²) in [4.78, 5) is 11.1. The highest BCUT2D eigenvalue weighted by Gasteiger charge is 2.19. The molecule has 1 aromatic heterocycles. The number of aromatic nitrogens is 2. The number of carboxylic acid groups (broad SMARTS) is 1. The summed E-state index contributed by atoms with van der Waals surface area (Å²) in [7, 11) is -2.59. The topological polar surface area (TPSA) is 125 Å². The first-order valence-corrected chi connectivity index (χ1v) is 7.29. The molecule has 2 rings (SSSR count). The summed E-state index contributed by atoms with van der Waals surface area (Å²) in [5, 5.41) is 17.8. The minimum Gasteiger partial charge on any atom is -0.497 e. The Bertz CT molecular complexity index is 765. The van der Waals surface area contributed by atoms with Crippen LogP contribution in [0.2, 0.25) is 0 Å². The number of benzene rings is 1. The quantitative estimate of drug-likeness (QED) is 0.814. The average Bonchev–Trinajstić information content (AvgIpc) is 2.84. The van der Waals surface area contributed by atoms with Crippen LogP contribution in [-0.2, 0) is 16.6 Å².